The number of fused-ring (bicyclic) bond motifs is 1. The number of carbonyl (C=O) groups excluding carboxylic acids is 2. The Hall–Kier alpha value is -1.58. The summed E-state index contributed by atoms with van der Waals surface area (Å²) >= 11 is 0. The molecule has 0 radical (unpaired) electrons. The highest BCUT2D eigenvalue weighted by Crippen LogP contribution is 2.19. The van der Waals surface area contributed by atoms with Crippen LogP contribution in [0.3, 0.4) is 0 Å². The molecule has 1 aromatic rings. The van der Waals surface area contributed by atoms with Gasteiger partial charge in [0.05, 0.1) is 11.8 Å². The molecule has 92 valence electrons. The molecule has 0 bridgehead atoms. The van der Waals surface area contributed by atoms with Gasteiger partial charge in [-0.2, -0.15) is 0 Å². The molecule has 0 N–H and O–H groups in total. The van der Waals surface area contributed by atoms with E-state index in [2.05, 4.69) is 0 Å². The van der Waals surface area contributed by atoms with Crippen LogP contribution in [0.25, 0.3) is 0 Å². The molecule has 0 unspecified atom stereocenters. The first-order chi connectivity index (χ1) is 8.09. The fourth-order valence-electron chi connectivity index (χ4n) is 2.09. The van der Waals surface area contributed by atoms with Gasteiger partial charge in [0, 0.05) is 13.0 Å². The lowest BCUT2D eigenvalue weighted by atomic mass is 10.2. The van der Waals surface area contributed by atoms with Crippen molar-refractivity contribution in [3.8, 4) is 0 Å². The van der Waals surface area contributed by atoms with Crippen LogP contribution in [0.2, 0.25) is 0 Å². The maximum absolute atomic E-state index is 11.9. The zero-order valence-corrected chi connectivity index (χ0v) is 10.2. The van der Waals surface area contributed by atoms with Crippen molar-refractivity contribution in [1.82, 2.24) is 4.57 Å². The molecule has 1 aliphatic rings. The molecule has 1 aromatic heterocycles. The highest BCUT2D eigenvalue weighted by molar-refractivity contribution is 5.97. The molecule has 0 spiro atoms. The quantitative estimate of drug-likeness (QED) is 0.740. The third-order valence-corrected chi connectivity index (χ3v) is 2.85. The Morgan fingerprint density at radius 2 is 2.12 bits per heavy atom. The van der Waals surface area contributed by atoms with Crippen molar-refractivity contribution < 1.29 is 14.3 Å². The van der Waals surface area contributed by atoms with Gasteiger partial charge in [-0.25, -0.2) is 4.79 Å². The molecular formula is C13H17NO3. The van der Waals surface area contributed by atoms with Gasteiger partial charge in [0.25, 0.3) is 0 Å². The number of aromatic nitrogens is 1. The number of nitrogens with zero attached hydrogens (tertiary/aromatic N) is 1. The Morgan fingerprint density at radius 3 is 2.82 bits per heavy atom. The van der Waals surface area contributed by atoms with Crippen LogP contribution in [0.15, 0.2) is 12.1 Å². The Balaban J connectivity index is 2.31. The largest absolute Gasteiger partial charge is 0.458 e. The normalized spacial score (nSPS) is 15.6. The minimum absolute atomic E-state index is 0.117. The number of esters is 1. The second-order valence-corrected chi connectivity index (χ2v) is 4.59. The summed E-state index contributed by atoms with van der Waals surface area (Å²) in [4.78, 5) is 23.6. The zero-order chi connectivity index (χ0) is 12.4. The molecule has 0 fully saturated rings. The number of rotatable bonds is 2. The van der Waals surface area contributed by atoms with Crippen LogP contribution in [0.5, 0.6) is 0 Å². The van der Waals surface area contributed by atoms with Gasteiger partial charge in [0.2, 0.25) is 0 Å². The Labute approximate surface area is 101 Å². The predicted molar refractivity (Wildman–Crippen MR) is 63.2 cm³/mol. The number of ketones is 1. The molecule has 0 atom stereocenters. The molecule has 4 nitrogen and oxygen atoms in total. The van der Waals surface area contributed by atoms with E-state index in [0.717, 1.165) is 19.4 Å². The molecule has 4 heteroatoms. The number of ether oxygens (including phenoxy) is 1. The molecule has 0 saturated carbocycles. The van der Waals surface area contributed by atoms with Crippen molar-refractivity contribution in [3.63, 3.8) is 0 Å². The van der Waals surface area contributed by atoms with E-state index in [0.29, 0.717) is 17.8 Å². The van der Waals surface area contributed by atoms with Gasteiger partial charge in [-0.1, -0.05) is 0 Å². The van der Waals surface area contributed by atoms with Crippen molar-refractivity contribution in [2.24, 2.45) is 0 Å². The summed E-state index contributed by atoms with van der Waals surface area (Å²) in [6.07, 6.45) is 2.24. The van der Waals surface area contributed by atoms with Crippen LogP contribution < -0.4 is 0 Å². The minimum Gasteiger partial charge on any atom is -0.458 e. The minimum atomic E-state index is -0.346. The average molecular weight is 235 g/mol. The Morgan fingerprint density at radius 1 is 1.35 bits per heavy atom. The highest BCUT2D eigenvalue weighted by Gasteiger charge is 2.22. The summed E-state index contributed by atoms with van der Waals surface area (Å²) < 4.78 is 6.96. The molecular weight excluding hydrogens is 218 g/mol. The lowest BCUT2D eigenvalue weighted by Crippen LogP contribution is -2.17. The summed E-state index contributed by atoms with van der Waals surface area (Å²) in [6.45, 7) is 4.35. The van der Waals surface area contributed by atoms with E-state index in [1.807, 2.05) is 13.8 Å². The molecule has 0 amide bonds. The van der Waals surface area contributed by atoms with E-state index in [1.54, 1.807) is 16.7 Å². The number of Topliss-reactive ketones (excluding diaryl/α,β-unsaturated/α-hetero) is 1. The molecule has 2 rings (SSSR count). The monoisotopic (exact) mass is 235 g/mol. The predicted octanol–water partition coefficient (Wildman–Crippen LogP) is 2.42. The summed E-state index contributed by atoms with van der Waals surface area (Å²) in [6, 6.07) is 3.41. The third-order valence-electron chi connectivity index (χ3n) is 2.85. The second-order valence-electron chi connectivity index (χ2n) is 4.59. The SMILES string of the molecule is CC(C)OC(=O)c1ccc2n1CCCCC2=O. The van der Waals surface area contributed by atoms with Gasteiger partial charge >= 0.3 is 5.97 Å². The van der Waals surface area contributed by atoms with Gasteiger partial charge in [0.15, 0.2) is 5.78 Å². The molecule has 17 heavy (non-hydrogen) atoms. The van der Waals surface area contributed by atoms with Gasteiger partial charge in [-0.05, 0) is 38.8 Å². The summed E-state index contributed by atoms with van der Waals surface area (Å²) in [5, 5.41) is 0. The van der Waals surface area contributed by atoms with Crippen molar-refractivity contribution in [2.45, 2.75) is 45.8 Å². The van der Waals surface area contributed by atoms with E-state index < -0.39 is 0 Å². The third kappa shape index (κ3) is 2.40. The Kier molecular flexibility index (Phi) is 3.31. The van der Waals surface area contributed by atoms with Crippen molar-refractivity contribution in [3.05, 3.63) is 23.5 Å². The van der Waals surface area contributed by atoms with Crippen molar-refractivity contribution in [1.29, 1.82) is 0 Å². The van der Waals surface area contributed by atoms with E-state index in [1.165, 1.54) is 0 Å². The van der Waals surface area contributed by atoms with Crippen LogP contribution >= 0.6 is 0 Å². The summed E-state index contributed by atoms with van der Waals surface area (Å²) in [5.41, 5.74) is 1.13. The maximum Gasteiger partial charge on any atom is 0.355 e. The molecule has 0 aromatic carbocycles. The maximum atomic E-state index is 11.9. The fraction of sp³-hybridized carbons (Fsp3) is 0.538. The standard InChI is InChI=1S/C13H17NO3/c1-9(2)17-13(16)11-7-6-10-12(15)5-3-4-8-14(10)11/h6-7,9H,3-5,8H2,1-2H3. The first kappa shape index (κ1) is 11.9. The lowest BCUT2D eigenvalue weighted by molar-refractivity contribution is 0.0365. The lowest BCUT2D eigenvalue weighted by Gasteiger charge is -2.11. The van der Waals surface area contributed by atoms with E-state index in [-0.39, 0.29) is 17.9 Å². The first-order valence-electron chi connectivity index (χ1n) is 6.03. The van der Waals surface area contributed by atoms with Gasteiger partial charge < -0.3 is 9.30 Å². The fourth-order valence-corrected chi connectivity index (χ4v) is 2.09. The van der Waals surface area contributed by atoms with Gasteiger partial charge in [0.1, 0.15) is 5.69 Å². The smallest absolute Gasteiger partial charge is 0.355 e. The summed E-state index contributed by atoms with van der Waals surface area (Å²) in [7, 11) is 0. The summed E-state index contributed by atoms with van der Waals surface area (Å²) in [5.74, 6) is -0.230. The van der Waals surface area contributed by atoms with Crippen molar-refractivity contribution >= 4 is 11.8 Å². The van der Waals surface area contributed by atoms with E-state index in [9.17, 15) is 9.59 Å². The van der Waals surface area contributed by atoms with Crippen LogP contribution in [-0.2, 0) is 11.3 Å². The molecule has 1 aliphatic heterocycles. The zero-order valence-electron chi connectivity index (χ0n) is 10.2. The van der Waals surface area contributed by atoms with Crippen LogP contribution in [0.4, 0.5) is 0 Å². The Bertz CT molecular complexity index is 446. The average Bonchev–Trinajstić information content (AvgIpc) is 2.59. The first-order valence-corrected chi connectivity index (χ1v) is 6.03. The van der Waals surface area contributed by atoms with Crippen LogP contribution in [-0.4, -0.2) is 22.4 Å². The van der Waals surface area contributed by atoms with Gasteiger partial charge in [-0.15, -0.1) is 0 Å². The number of carbonyl (C=O) groups is 2. The van der Waals surface area contributed by atoms with Crippen LogP contribution in [0, 0.1) is 0 Å². The van der Waals surface area contributed by atoms with Crippen LogP contribution in [0.1, 0.15) is 54.1 Å². The topological polar surface area (TPSA) is 48.3 Å². The van der Waals surface area contributed by atoms with Gasteiger partial charge in [-0.3, -0.25) is 4.79 Å². The molecule has 0 saturated heterocycles. The number of hydrogen-bond donors (Lipinski definition) is 0. The second kappa shape index (κ2) is 4.73. The van der Waals surface area contributed by atoms with E-state index in [4.69, 9.17) is 4.74 Å². The van der Waals surface area contributed by atoms with Crippen molar-refractivity contribution in [2.75, 3.05) is 0 Å². The highest BCUT2D eigenvalue weighted by atomic mass is 16.5. The number of hydrogen-bond acceptors (Lipinski definition) is 3. The van der Waals surface area contributed by atoms with E-state index >= 15 is 0 Å². The molecule has 0 aliphatic carbocycles. The molecule has 2 heterocycles.